The molecule has 0 amide bonds. The highest BCUT2D eigenvalue weighted by Gasteiger charge is 2.23. The number of aliphatic hydroxyl groups is 1. The van der Waals surface area contributed by atoms with E-state index in [1.165, 1.54) is 11.0 Å². The molecule has 1 saturated heterocycles. The maximum absolute atomic E-state index is 9.14. The number of piperazine rings is 1. The molecule has 1 aromatic heterocycles. The van der Waals surface area contributed by atoms with Gasteiger partial charge >= 0.3 is 0 Å². The fourth-order valence-corrected chi connectivity index (χ4v) is 3.59. The first kappa shape index (κ1) is 17.1. The van der Waals surface area contributed by atoms with Crippen LogP contribution >= 0.6 is 0 Å². The largest absolute Gasteiger partial charge is 0.497 e. The van der Waals surface area contributed by atoms with Crippen molar-refractivity contribution < 1.29 is 9.84 Å². The molecule has 0 unspecified atom stereocenters. The first-order chi connectivity index (χ1) is 12.8. The number of rotatable bonds is 5. The molecule has 2 aromatic rings. The van der Waals surface area contributed by atoms with Gasteiger partial charge in [0.1, 0.15) is 11.6 Å². The Labute approximate surface area is 155 Å². The average Bonchev–Trinajstić information content (AvgIpc) is 3.17. The molecule has 5 nitrogen and oxygen atoms in total. The number of anilines is 1. The Kier molecular flexibility index (Phi) is 4.95. The van der Waals surface area contributed by atoms with Crippen LogP contribution in [0.1, 0.15) is 5.56 Å². The van der Waals surface area contributed by atoms with Crippen LogP contribution in [0, 0.1) is 0 Å². The molecule has 0 spiro atoms. The highest BCUT2D eigenvalue weighted by atomic mass is 16.5. The molecule has 6 heteroatoms. The predicted octanol–water partition coefficient (Wildman–Crippen LogP) is 1.19. The van der Waals surface area contributed by atoms with E-state index >= 15 is 0 Å². The van der Waals surface area contributed by atoms with E-state index in [9.17, 15) is 0 Å². The second-order valence-electron chi connectivity index (χ2n) is 6.64. The van der Waals surface area contributed by atoms with E-state index in [-0.39, 0.29) is 6.61 Å². The normalized spacial score (nSPS) is 16.5. The summed E-state index contributed by atoms with van der Waals surface area (Å²) in [5, 5.41) is 9.14. The summed E-state index contributed by atoms with van der Waals surface area (Å²) >= 11 is 0. The lowest BCUT2D eigenvalue weighted by atomic mass is 9.73. The molecule has 1 radical (unpaired) electrons. The van der Waals surface area contributed by atoms with Gasteiger partial charge in [0.05, 0.1) is 19.4 Å². The van der Waals surface area contributed by atoms with Gasteiger partial charge in [0.25, 0.3) is 0 Å². The van der Waals surface area contributed by atoms with Crippen molar-refractivity contribution in [2.75, 3.05) is 51.3 Å². The molecular weight excluding hydrogens is 325 g/mol. The van der Waals surface area contributed by atoms with Crippen molar-refractivity contribution in [3.8, 4) is 17.0 Å². The van der Waals surface area contributed by atoms with Crippen molar-refractivity contribution >= 4 is 24.6 Å². The van der Waals surface area contributed by atoms with Crippen LogP contribution in [-0.2, 0) is 0 Å². The number of benzene rings is 1. The number of aromatic nitrogens is 1. The third-order valence-electron chi connectivity index (χ3n) is 5.08. The zero-order valence-electron chi connectivity index (χ0n) is 15.1. The van der Waals surface area contributed by atoms with Crippen LogP contribution in [0.5, 0.6) is 5.75 Å². The molecule has 1 N–H and O–H groups in total. The molecule has 2 aliphatic rings. The van der Waals surface area contributed by atoms with Crippen molar-refractivity contribution in [2.45, 2.75) is 0 Å². The van der Waals surface area contributed by atoms with Gasteiger partial charge in [0.15, 0.2) is 7.28 Å². The van der Waals surface area contributed by atoms with E-state index in [2.05, 4.69) is 47.3 Å². The zero-order valence-corrected chi connectivity index (χ0v) is 15.1. The highest BCUT2D eigenvalue weighted by molar-refractivity contribution is 6.64. The molecule has 1 aromatic carbocycles. The van der Waals surface area contributed by atoms with Gasteiger partial charge in [-0.25, -0.2) is 4.98 Å². The summed E-state index contributed by atoms with van der Waals surface area (Å²) in [6, 6.07) is 10.2. The molecule has 0 saturated carbocycles. The Morgan fingerprint density at radius 3 is 2.62 bits per heavy atom. The molecule has 0 atom stereocenters. The van der Waals surface area contributed by atoms with Crippen molar-refractivity contribution in [1.82, 2.24) is 9.88 Å². The molecule has 4 rings (SSSR count). The minimum atomic E-state index is 0.221. The molecule has 0 bridgehead atoms. The molecular formula is C20H23BN3O2. The van der Waals surface area contributed by atoms with E-state index in [4.69, 9.17) is 14.8 Å². The lowest BCUT2D eigenvalue weighted by molar-refractivity contribution is 0.188. The van der Waals surface area contributed by atoms with Gasteiger partial charge in [-0.2, -0.15) is 0 Å². The summed E-state index contributed by atoms with van der Waals surface area (Å²) in [5.41, 5.74) is 4.50. The Bertz CT molecular complexity index is 799. The lowest BCUT2D eigenvalue weighted by Crippen LogP contribution is -2.49. The number of fused-ring (bicyclic) bond motifs is 1. The third-order valence-corrected chi connectivity index (χ3v) is 5.08. The van der Waals surface area contributed by atoms with Crippen LogP contribution in [-0.4, -0.2) is 68.7 Å². The molecule has 2 aliphatic heterocycles. The van der Waals surface area contributed by atoms with Crippen molar-refractivity contribution in [1.29, 1.82) is 0 Å². The first-order valence-electron chi connectivity index (χ1n) is 9.07. The summed E-state index contributed by atoms with van der Waals surface area (Å²) in [7, 11) is 3.83. The van der Waals surface area contributed by atoms with Crippen LogP contribution in [0.3, 0.4) is 0 Å². The highest BCUT2D eigenvalue weighted by Crippen LogP contribution is 2.26. The van der Waals surface area contributed by atoms with E-state index in [1.54, 1.807) is 7.11 Å². The summed E-state index contributed by atoms with van der Waals surface area (Å²) < 4.78 is 5.26. The maximum Gasteiger partial charge on any atom is 0.187 e. The molecule has 0 aliphatic carbocycles. The van der Waals surface area contributed by atoms with Gasteiger partial charge in [-0.1, -0.05) is 6.08 Å². The number of aliphatic hydroxyl groups excluding tert-OH is 1. The summed E-state index contributed by atoms with van der Waals surface area (Å²) in [4.78, 5) is 9.67. The minimum absolute atomic E-state index is 0.221. The molecule has 3 heterocycles. The second-order valence-corrected chi connectivity index (χ2v) is 6.64. The average molecular weight is 348 g/mol. The van der Waals surface area contributed by atoms with Gasteiger partial charge in [0.2, 0.25) is 0 Å². The van der Waals surface area contributed by atoms with Crippen molar-refractivity contribution in [3.05, 3.63) is 41.9 Å². The number of ether oxygens (including phenoxy) is 1. The van der Waals surface area contributed by atoms with Crippen LogP contribution < -0.4 is 15.1 Å². The van der Waals surface area contributed by atoms with Crippen LogP contribution in [0.4, 0.5) is 5.82 Å². The minimum Gasteiger partial charge on any atom is -0.497 e. The quantitative estimate of drug-likeness (QED) is 0.823. The predicted molar refractivity (Wildman–Crippen MR) is 106 cm³/mol. The standard InChI is InChI=1S/C20H23BN3O2/c1-26-17-4-2-15(3-5-17)18-14-16-6-7-21-19(16)20(22-18)24-10-8-23(9-11-24)12-13-25/h2-7,14,25H,8-13H2,1H3. The first-order valence-corrected chi connectivity index (χ1v) is 9.07. The fourth-order valence-electron chi connectivity index (χ4n) is 3.59. The zero-order chi connectivity index (χ0) is 17.9. The summed E-state index contributed by atoms with van der Waals surface area (Å²) in [6.45, 7) is 4.74. The number of pyridine rings is 1. The molecule has 133 valence electrons. The third kappa shape index (κ3) is 3.35. The SMILES string of the molecule is COc1ccc(-c2cc3c(c(N4CCN(CCO)CC4)n2)[B]C=C3)cc1. The van der Waals surface area contributed by atoms with Crippen molar-refractivity contribution in [3.63, 3.8) is 0 Å². The van der Waals surface area contributed by atoms with E-state index in [0.717, 1.165) is 55.5 Å². The van der Waals surface area contributed by atoms with E-state index < -0.39 is 0 Å². The van der Waals surface area contributed by atoms with Gasteiger partial charge in [-0.3, -0.25) is 4.90 Å². The number of nitrogens with zero attached hydrogens (tertiary/aromatic N) is 3. The lowest BCUT2D eigenvalue weighted by Gasteiger charge is -2.36. The number of hydrogen-bond acceptors (Lipinski definition) is 5. The van der Waals surface area contributed by atoms with E-state index in [1.807, 2.05) is 12.1 Å². The number of β-amino-alcohol motifs (C(OH)–C–C–N with tert-alkyl or cyclic N) is 1. The topological polar surface area (TPSA) is 48.8 Å². The number of hydrogen-bond donors (Lipinski definition) is 1. The Balaban J connectivity index is 1.64. The van der Waals surface area contributed by atoms with Gasteiger partial charge in [-0.15, -0.1) is 5.98 Å². The molecule has 26 heavy (non-hydrogen) atoms. The Morgan fingerprint density at radius 1 is 1.15 bits per heavy atom. The fraction of sp³-hybridized carbons (Fsp3) is 0.350. The smallest absolute Gasteiger partial charge is 0.187 e. The Hall–Kier alpha value is -2.31. The number of methoxy groups -OCH3 is 1. The molecule has 1 fully saturated rings. The van der Waals surface area contributed by atoms with Gasteiger partial charge in [-0.05, 0) is 41.4 Å². The van der Waals surface area contributed by atoms with Gasteiger partial charge in [0, 0.05) is 38.3 Å². The van der Waals surface area contributed by atoms with Crippen LogP contribution in [0.15, 0.2) is 36.3 Å². The summed E-state index contributed by atoms with van der Waals surface area (Å²) in [6.07, 6.45) is 2.15. The Morgan fingerprint density at radius 2 is 1.92 bits per heavy atom. The van der Waals surface area contributed by atoms with Crippen LogP contribution in [0.2, 0.25) is 0 Å². The van der Waals surface area contributed by atoms with Crippen LogP contribution in [0.25, 0.3) is 17.3 Å². The van der Waals surface area contributed by atoms with Gasteiger partial charge < -0.3 is 14.7 Å². The van der Waals surface area contributed by atoms with E-state index in [0.29, 0.717) is 0 Å². The monoisotopic (exact) mass is 348 g/mol. The summed E-state index contributed by atoms with van der Waals surface area (Å²) in [5.74, 6) is 4.00. The van der Waals surface area contributed by atoms with Crippen molar-refractivity contribution in [2.24, 2.45) is 0 Å². The second kappa shape index (κ2) is 7.52. The maximum atomic E-state index is 9.14.